The molecule has 0 aromatic heterocycles. The van der Waals surface area contributed by atoms with Gasteiger partial charge >= 0.3 is 19.8 Å². The highest BCUT2D eigenvalue weighted by molar-refractivity contribution is 7.47. The molecule has 12 heteroatoms. The maximum absolute atomic E-state index is 12.6. The lowest BCUT2D eigenvalue weighted by Crippen LogP contribution is -2.29. The zero-order valence-corrected chi connectivity index (χ0v) is 37.6. The third kappa shape index (κ3) is 41.6. The molecule has 0 amide bonds. The molecule has 0 aliphatic rings. The number of carbonyl (C=O) groups excluding carboxylic acids is 2. The van der Waals surface area contributed by atoms with Gasteiger partial charge in [-0.25, -0.2) is 4.57 Å². The third-order valence-corrected chi connectivity index (χ3v) is 9.77. The summed E-state index contributed by atoms with van der Waals surface area (Å²) in [6.45, 7) is 2.01. The number of hydrogen-bond donors (Lipinski definition) is 4. The van der Waals surface area contributed by atoms with Gasteiger partial charge in [0.15, 0.2) is 6.10 Å². The highest BCUT2D eigenvalue weighted by Gasteiger charge is 2.27. The molecule has 0 rings (SSSR count). The van der Waals surface area contributed by atoms with Crippen molar-refractivity contribution in [1.82, 2.24) is 0 Å². The van der Waals surface area contributed by atoms with Gasteiger partial charge in [-0.3, -0.25) is 18.6 Å². The van der Waals surface area contributed by atoms with Crippen LogP contribution in [0.4, 0.5) is 0 Å². The maximum Gasteiger partial charge on any atom is 0.472 e. The minimum Gasteiger partial charge on any atom is -0.462 e. The second kappa shape index (κ2) is 42.5. The Bertz CT molecular complexity index is 1330. The molecule has 0 saturated carbocycles. The van der Waals surface area contributed by atoms with Gasteiger partial charge in [-0.1, -0.05) is 156 Å². The Balaban J connectivity index is 4.52. The molecule has 0 radical (unpaired) electrons. The largest absolute Gasteiger partial charge is 0.472 e. The number of hydrogen-bond acceptors (Lipinski definition) is 10. The first-order valence-corrected chi connectivity index (χ1v) is 23.8. The minimum absolute atomic E-state index is 0.0279. The van der Waals surface area contributed by atoms with Crippen LogP contribution in [0.1, 0.15) is 149 Å². The van der Waals surface area contributed by atoms with Crippen molar-refractivity contribution in [2.24, 2.45) is 0 Å². The van der Waals surface area contributed by atoms with E-state index >= 15 is 0 Å². The standard InChI is InChI=1S/C48H79O11P/c1-3-5-7-9-11-13-15-17-18-19-20-22-24-26-28-30-34-39-48(53)59-46(43-58-60(54,55)57-41-45(51)40-49)42-56-47(52)38-35-31-33-37-44(50)36-32-29-27-25-23-21-16-14-12-10-8-6-4-2/h6,8,11-14,17-18,21,23,27,29,31-33,36,44-46,49-51H,3-5,7,9-10,15-16,19-20,22,24-26,28,30,34-35,37-43H2,1-2H3,(H,54,55)/b8-6-,13-11-,14-12-,18-17-,23-21-,29-27-,33-31-,36-32-/t44?,45-,46+/m0/s1. The normalized spacial score (nSPS) is 15.2. The summed E-state index contributed by atoms with van der Waals surface area (Å²) < 4.78 is 32.6. The molecule has 0 spiro atoms. The number of rotatable bonds is 40. The van der Waals surface area contributed by atoms with Crippen LogP contribution in [-0.2, 0) is 32.7 Å². The summed E-state index contributed by atoms with van der Waals surface area (Å²) in [5, 5.41) is 28.5. The van der Waals surface area contributed by atoms with E-state index in [9.17, 15) is 29.3 Å². The predicted molar refractivity (Wildman–Crippen MR) is 243 cm³/mol. The Morgan fingerprint density at radius 1 is 0.583 bits per heavy atom. The molecule has 0 heterocycles. The van der Waals surface area contributed by atoms with Crippen LogP contribution in [0.5, 0.6) is 0 Å². The van der Waals surface area contributed by atoms with Crippen LogP contribution < -0.4 is 0 Å². The number of ether oxygens (including phenoxy) is 2. The van der Waals surface area contributed by atoms with Crippen LogP contribution in [0, 0.1) is 0 Å². The number of aliphatic hydroxyl groups excluding tert-OH is 3. The Hall–Kier alpha value is -3.15. The Kier molecular flexibility index (Phi) is 40.3. The fraction of sp³-hybridized carbons (Fsp3) is 0.625. The number of carbonyl (C=O) groups is 2. The summed E-state index contributed by atoms with van der Waals surface area (Å²) in [4.78, 5) is 35.0. The SMILES string of the molecule is CC/C=C\C/C=C\C/C=C\C/C=C\C=C/C(O)C/C=C\CCC(=O)OC[C@H](COP(=O)(O)OC[C@@H](O)CO)OC(=O)CCCCCCCCC/C=C\C/C=C\CCCCC. The predicted octanol–water partition coefficient (Wildman–Crippen LogP) is 11.0. The molecule has 0 aliphatic carbocycles. The molecule has 0 fully saturated rings. The first kappa shape index (κ1) is 56.9. The van der Waals surface area contributed by atoms with E-state index in [4.69, 9.17) is 19.1 Å². The number of unbranched alkanes of at least 4 members (excludes halogenated alkanes) is 10. The van der Waals surface area contributed by atoms with Crippen LogP contribution in [0.15, 0.2) is 97.2 Å². The van der Waals surface area contributed by atoms with Gasteiger partial charge in [0.05, 0.1) is 25.9 Å². The Morgan fingerprint density at radius 3 is 1.77 bits per heavy atom. The molecule has 60 heavy (non-hydrogen) atoms. The minimum atomic E-state index is -4.67. The van der Waals surface area contributed by atoms with Crippen LogP contribution >= 0.6 is 7.82 Å². The topological polar surface area (TPSA) is 169 Å². The van der Waals surface area contributed by atoms with Gasteiger partial charge in [-0.05, 0) is 77.0 Å². The molecule has 0 saturated heterocycles. The van der Waals surface area contributed by atoms with Crippen molar-refractivity contribution in [2.45, 2.75) is 167 Å². The lowest BCUT2D eigenvalue weighted by molar-refractivity contribution is -0.161. The Labute approximate surface area is 362 Å². The molecule has 4 atom stereocenters. The van der Waals surface area contributed by atoms with E-state index in [1.54, 1.807) is 24.3 Å². The van der Waals surface area contributed by atoms with Crippen LogP contribution in [0.2, 0.25) is 0 Å². The molecule has 11 nitrogen and oxygen atoms in total. The molecule has 0 aromatic carbocycles. The van der Waals surface area contributed by atoms with Crippen molar-refractivity contribution >= 4 is 19.8 Å². The molecular weight excluding hydrogens is 783 g/mol. The van der Waals surface area contributed by atoms with Gasteiger partial charge in [0, 0.05) is 12.8 Å². The summed E-state index contributed by atoms with van der Waals surface area (Å²) in [6.07, 6.45) is 48.3. The number of aliphatic hydroxyl groups is 3. The van der Waals surface area contributed by atoms with E-state index in [1.807, 2.05) is 12.2 Å². The van der Waals surface area contributed by atoms with E-state index in [-0.39, 0.29) is 12.8 Å². The van der Waals surface area contributed by atoms with E-state index in [0.29, 0.717) is 19.3 Å². The van der Waals surface area contributed by atoms with Gasteiger partial charge in [0.25, 0.3) is 0 Å². The lowest BCUT2D eigenvalue weighted by atomic mass is 10.1. The van der Waals surface area contributed by atoms with Gasteiger partial charge in [-0.2, -0.15) is 0 Å². The molecule has 0 aromatic rings. The lowest BCUT2D eigenvalue weighted by Gasteiger charge is -2.20. The zero-order valence-electron chi connectivity index (χ0n) is 36.7. The smallest absolute Gasteiger partial charge is 0.462 e. The molecule has 2 unspecified atom stereocenters. The van der Waals surface area contributed by atoms with Crippen molar-refractivity contribution in [2.75, 3.05) is 26.4 Å². The van der Waals surface area contributed by atoms with E-state index in [1.165, 1.54) is 32.1 Å². The first-order valence-electron chi connectivity index (χ1n) is 22.3. The summed E-state index contributed by atoms with van der Waals surface area (Å²) in [5.41, 5.74) is 0. The monoisotopic (exact) mass is 863 g/mol. The van der Waals surface area contributed by atoms with Crippen molar-refractivity contribution in [1.29, 1.82) is 0 Å². The van der Waals surface area contributed by atoms with E-state index in [2.05, 4.69) is 79.1 Å². The van der Waals surface area contributed by atoms with Crippen molar-refractivity contribution in [3.8, 4) is 0 Å². The van der Waals surface area contributed by atoms with Gasteiger partial charge < -0.3 is 29.7 Å². The van der Waals surface area contributed by atoms with Crippen LogP contribution in [0.3, 0.4) is 0 Å². The third-order valence-electron chi connectivity index (χ3n) is 8.82. The number of allylic oxidation sites excluding steroid dienone is 14. The van der Waals surface area contributed by atoms with E-state index < -0.39 is 64.5 Å². The van der Waals surface area contributed by atoms with E-state index in [0.717, 1.165) is 70.6 Å². The quantitative estimate of drug-likeness (QED) is 0.0152. The molecule has 0 bridgehead atoms. The number of phosphoric ester groups is 1. The van der Waals surface area contributed by atoms with Crippen LogP contribution in [0.25, 0.3) is 0 Å². The van der Waals surface area contributed by atoms with Crippen molar-refractivity contribution < 1.29 is 52.9 Å². The summed E-state index contributed by atoms with van der Waals surface area (Å²) in [6, 6.07) is 0. The second-order valence-corrected chi connectivity index (χ2v) is 16.0. The average molecular weight is 863 g/mol. The fourth-order valence-corrected chi connectivity index (χ4v) is 6.16. The molecule has 342 valence electrons. The number of esters is 2. The highest BCUT2D eigenvalue weighted by Crippen LogP contribution is 2.43. The molecule has 0 aliphatic heterocycles. The first-order chi connectivity index (χ1) is 29.1. The highest BCUT2D eigenvalue weighted by atomic mass is 31.2. The zero-order chi connectivity index (χ0) is 44.2. The summed E-state index contributed by atoms with van der Waals surface area (Å²) >= 11 is 0. The van der Waals surface area contributed by atoms with Crippen molar-refractivity contribution in [3.63, 3.8) is 0 Å². The Morgan fingerprint density at radius 2 is 1.13 bits per heavy atom. The van der Waals surface area contributed by atoms with Crippen molar-refractivity contribution in [3.05, 3.63) is 97.2 Å². The molecule has 4 N–H and O–H groups in total. The summed E-state index contributed by atoms with van der Waals surface area (Å²) in [5.74, 6) is -1.12. The van der Waals surface area contributed by atoms with Gasteiger partial charge in [0.2, 0.25) is 0 Å². The van der Waals surface area contributed by atoms with Gasteiger partial charge in [-0.15, -0.1) is 0 Å². The molecular formula is C48H79O11P. The maximum atomic E-state index is 12.6. The van der Waals surface area contributed by atoms with Crippen LogP contribution in [-0.4, -0.2) is 76.9 Å². The average Bonchev–Trinajstić information content (AvgIpc) is 3.23. The van der Waals surface area contributed by atoms with Gasteiger partial charge in [0.1, 0.15) is 12.7 Å². The second-order valence-electron chi connectivity index (χ2n) is 14.5. The summed E-state index contributed by atoms with van der Waals surface area (Å²) in [7, 11) is -4.67. The fourth-order valence-electron chi connectivity index (χ4n) is 5.37. The number of phosphoric acid groups is 1.